The fourth-order valence-corrected chi connectivity index (χ4v) is 8.70. The SMILES string of the molecule is CCc1nc2c(C)cc(C)nc2n1Cc1c2ccocc-2c(Br)c1-c1ccccc1-c1nnn(C(c2ccccc2)(c2ccccc2)c2ccccc2)n1. The largest absolute Gasteiger partial charge is 0.472 e. The van der Waals surface area contributed by atoms with Gasteiger partial charge in [-0.3, -0.25) is 0 Å². The van der Waals surface area contributed by atoms with Gasteiger partial charge in [0.2, 0.25) is 5.82 Å². The summed E-state index contributed by atoms with van der Waals surface area (Å²) in [6.07, 6.45) is 4.31. The maximum absolute atomic E-state index is 5.74. The Morgan fingerprint density at radius 2 is 1.31 bits per heavy atom. The number of tetrazole rings is 1. The van der Waals surface area contributed by atoms with Gasteiger partial charge in [0.15, 0.2) is 11.2 Å². The van der Waals surface area contributed by atoms with Crippen LogP contribution in [0.3, 0.4) is 0 Å². The summed E-state index contributed by atoms with van der Waals surface area (Å²) >= 11 is 4.03. The Bertz CT molecular complexity index is 2620. The number of hydrogen-bond donors (Lipinski definition) is 0. The van der Waals surface area contributed by atoms with E-state index in [0.29, 0.717) is 12.4 Å². The summed E-state index contributed by atoms with van der Waals surface area (Å²) in [6.45, 7) is 6.84. The minimum absolute atomic E-state index is 0.515. The smallest absolute Gasteiger partial charge is 0.205 e. The second kappa shape index (κ2) is 13.7. The maximum Gasteiger partial charge on any atom is 0.205 e. The molecule has 0 atom stereocenters. The molecule has 0 radical (unpaired) electrons. The molecule has 54 heavy (non-hydrogen) atoms. The van der Waals surface area contributed by atoms with Gasteiger partial charge in [-0.05, 0) is 86.1 Å². The standard InChI is InChI=1S/C45H36BrN7O/c1-4-39-48-42-29(2)26-30(3)47-44(42)52(39)27-37-34-24-25-54-28-38(34)41(46)40(37)35-22-14-15-23-36(35)43-49-51-53(50-43)45(31-16-8-5-9-17-31,32-18-10-6-11-19-32)33-20-12-7-13-21-33/h5-26,28H,4,27H2,1-3H3. The molecule has 4 aromatic carbocycles. The molecule has 0 N–H and O–H groups in total. The summed E-state index contributed by atoms with van der Waals surface area (Å²) in [5, 5.41) is 15.0. The minimum Gasteiger partial charge on any atom is -0.472 e. The van der Waals surface area contributed by atoms with Crippen LogP contribution in [-0.4, -0.2) is 34.7 Å². The summed E-state index contributed by atoms with van der Waals surface area (Å²) in [5.74, 6) is 1.50. The quantitative estimate of drug-likeness (QED) is 0.136. The number of aryl methyl sites for hydroxylation is 3. The van der Waals surface area contributed by atoms with Crippen LogP contribution in [0.15, 0.2) is 149 Å². The Hall–Kier alpha value is -6.19. The Labute approximate surface area is 321 Å². The van der Waals surface area contributed by atoms with Crippen LogP contribution in [0.4, 0.5) is 0 Å². The van der Waals surface area contributed by atoms with Crippen LogP contribution in [-0.2, 0) is 18.5 Å². The Morgan fingerprint density at radius 1 is 0.704 bits per heavy atom. The van der Waals surface area contributed by atoms with E-state index in [-0.39, 0.29) is 0 Å². The lowest BCUT2D eigenvalue weighted by Crippen LogP contribution is -2.39. The average molecular weight is 771 g/mol. The van der Waals surface area contributed by atoms with Crippen molar-refractivity contribution in [2.24, 2.45) is 0 Å². The molecule has 4 heterocycles. The molecule has 0 unspecified atom stereocenters. The monoisotopic (exact) mass is 769 g/mol. The Balaban J connectivity index is 1.26. The van der Waals surface area contributed by atoms with Gasteiger partial charge in [-0.15, -0.1) is 15.0 Å². The summed E-state index contributed by atoms with van der Waals surface area (Å²) < 4.78 is 8.94. The van der Waals surface area contributed by atoms with Crippen molar-refractivity contribution < 1.29 is 4.42 Å². The van der Waals surface area contributed by atoms with E-state index >= 15 is 0 Å². The summed E-state index contributed by atoms with van der Waals surface area (Å²) in [4.78, 5) is 11.8. The molecule has 9 heteroatoms. The minimum atomic E-state index is -0.894. The van der Waals surface area contributed by atoms with E-state index in [4.69, 9.17) is 29.8 Å². The molecule has 9 rings (SSSR count). The highest BCUT2D eigenvalue weighted by Gasteiger charge is 2.41. The molecule has 0 saturated heterocycles. The van der Waals surface area contributed by atoms with Crippen molar-refractivity contribution in [3.8, 4) is 33.6 Å². The van der Waals surface area contributed by atoms with Crippen molar-refractivity contribution in [3.05, 3.63) is 184 Å². The van der Waals surface area contributed by atoms with Gasteiger partial charge in [0, 0.05) is 33.3 Å². The van der Waals surface area contributed by atoms with Crippen LogP contribution in [0.25, 0.3) is 44.8 Å². The molecule has 3 aromatic heterocycles. The molecule has 1 aliphatic carbocycles. The van der Waals surface area contributed by atoms with Crippen LogP contribution in [0, 0.1) is 13.8 Å². The molecule has 2 aliphatic rings. The highest BCUT2D eigenvalue weighted by molar-refractivity contribution is 9.10. The Morgan fingerprint density at radius 3 is 1.94 bits per heavy atom. The second-order valence-electron chi connectivity index (χ2n) is 13.5. The molecule has 1 aliphatic heterocycles. The third-order valence-corrected chi connectivity index (χ3v) is 11.2. The summed E-state index contributed by atoms with van der Waals surface area (Å²) in [7, 11) is 0. The molecule has 0 fully saturated rings. The van der Waals surface area contributed by atoms with Crippen LogP contribution in [0.1, 0.15) is 46.3 Å². The average Bonchev–Trinajstić information content (AvgIpc) is 3.92. The van der Waals surface area contributed by atoms with Gasteiger partial charge < -0.3 is 8.98 Å². The molecule has 7 aromatic rings. The molecule has 0 bridgehead atoms. The van der Waals surface area contributed by atoms with Gasteiger partial charge in [-0.2, -0.15) is 0 Å². The fourth-order valence-electron chi connectivity index (χ4n) is 7.94. The van der Waals surface area contributed by atoms with E-state index in [1.54, 1.807) is 17.3 Å². The lowest BCUT2D eigenvalue weighted by atomic mass is 9.77. The van der Waals surface area contributed by atoms with Gasteiger partial charge in [-0.25, -0.2) is 9.97 Å². The van der Waals surface area contributed by atoms with E-state index in [0.717, 1.165) is 89.2 Å². The van der Waals surface area contributed by atoms with Crippen molar-refractivity contribution in [1.29, 1.82) is 0 Å². The normalized spacial score (nSPS) is 11.9. The van der Waals surface area contributed by atoms with Crippen molar-refractivity contribution in [2.45, 2.75) is 39.3 Å². The second-order valence-corrected chi connectivity index (χ2v) is 14.3. The van der Waals surface area contributed by atoms with Gasteiger partial charge in [-0.1, -0.05) is 122 Å². The molecule has 264 valence electrons. The van der Waals surface area contributed by atoms with Crippen molar-refractivity contribution in [2.75, 3.05) is 0 Å². The number of benzene rings is 4. The van der Waals surface area contributed by atoms with Crippen molar-refractivity contribution in [1.82, 2.24) is 34.7 Å². The van der Waals surface area contributed by atoms with E-state index < -0.39 is 5.54 Å². The van der Waals surface area contributed by atoms with Gasteiger partial charge in [0.1, 0.15) is 11.3 Å². The molecule has 0 spiro atoms. The number of hydrogen-bond acceptors (Lipinski definition) is 6. The predicted molar refractivity (Wildman–Crippen MR) is 215 cm³/mol. The number of halogens is 1. The van der Waals surface area contributed by atoms with E-state index in [2.05, 4.69) is 131 Å². The van der Waals surface area contributed by atoms with Crippen molar-refractivity contribution >= 4 is 27.1 Å². The summed E-state index contributed by atoms with van der Waals surface area (Å²) in [5.41, 5.74) is 12.1. The number of rotatable bonds is 9. The number of nitrogens with zero attached hydrogens (tertiary/aromatic N) is 7. The van der Waals surface area contributed by atoms with Crippen LogP contribution in [0.2, 0.25) is 0 Å². The van der Waals surface area contributed by atoms with Gasteiger partial charge in [0.05, 0.1) is 19.1 Å². The highest BCUT2D eigenvalue weighted by atomic mass is 79.9. The molecule has 0 saturated carbocycles. The van der Waals surface area contributed by atoms with E-state index in [9.17, 15) is 0 Å². The predicted octanol–water partition coefficient (Wildman–Crippen LogP) is 10.3. The fraction of sp³-hybridized carbons (Fsp3) is 0.133. The zero-order valence-electron chi connectivity index (χ0n) is 30.1. The first kappa shape index (κ1) is 33.6. The molecular weight excluding hydrogens is 734 g/mol. The third kappa shape index (κ3) is 5.38. The molecular formula is C45H36BrN7O. The zero-order chi connectivity index (χ0) is 36.8. The topological polar surface area (TPSA) is 87.5 Å². The van der Waals surface area contributed by atoms with Crippen LogP contribution in [0.5, 0.6) is 0 Å². The first-order valence-corrected chi connectivity index (χ1v) is 18.8. The molecule has 8 nitrogen and oxygen atoms in total. The lowest BCUT2D eigenvalue weighted by Gasteiger charge is -2.34. The third-order valence-electron chi connectivity index (χ3n) is 10.3. The Kier molecular flexibility index (Phi) is 8.51. The summed E-state index contributed by atoms with van der Waals surface area (Å²) in [6, 6.07) is 43.6. The first-order valence-electron chi connectivity index (χ1n) is 18.1. The lowest BCUT2D eigenvalue weighted by molar-refractivity contribution is 0.396. The molecule has 0 amide bonds. The van der Waals surface area contributed by atoms with Crippen LogP contribution >= 0.6 is 15.9 Å². The first-order chi connectivity index (χ1) is 26.5. The number of fused-ring (bicyclic) bond motifs is 2. The maximum atomic E-state index is 5.74. The van der Waals surface area contributed by atoms with E-state index in [1.807, 2.05) is 37.3 Å². The highest BCUT2D eigenvalue weighted by Crippen LogP contribution is 2.49. The number of imidazole rings is 1. The van der Waals surface area contributed by atoms with Gasteiger partial charge in [0.25, 0.3) is 0 Å². The van der Waals surface area contributed by atoms with Crippen LogP contribution < -0.4 is 0 Å². The van der Waals surface area contributed by atoms with E-state index in [1.165, 1.54) is 0 Å². The number of aromatic nitrogens is 7. The van der Waals surface area contributed by atoms with Crippen molar-refractivity contribution in [3.63, 3.8) is 0 Å². The van der Waals surface area contributed by atoms with Gasteiger partial charge >= 0.3 is 0 Å². The number of pyridine rings is 1. The zero-order valence-corrected chi connectivity index (χ0v) is 31.7.